The van der Waals surface area contributed by atoms with Gasteiger partial charge in [0.2, 0.25) is 5.95 Å². The van der Waals surface area contributed by atoms with E-state index in [1.54, 1.807) is 0 Å². The van der Waals surface area contributed by atoms with Crippen molar-refractivity contribution in [3.05, 3.63) is 35.4 Å². The van der Waals surface area contributed by atoms with Crippen LogP contribution in [0.2, 0.25) is 0 Å². The number of nitrogens with zero attached hydrogens (tertiary/aromatic N) is 2. The van der Waals surface area contributed by atoms with E-state index in [1.807, 2.05) is 24.3 Å². The fraction of sp³-hybridized carbons (Fsp3) is 0.286. The zero-order valence-corrected chi connectivity index (χ0v) is 11.9. The van der Waals surface area contributed by atoms with E-state index >= 15 is 0 Å². The number of fused-ring (bicyclic) bond motifs is 3. The molecule has 0 aliphatic heterocycles. The Morgan fingerprint density at radius 2 is 1.90 bits per heavy atom. The highest BCUT2D eigenvalue weighted by Crippen LogP contribution is 2.33. The van der Waals surface area contributed by atoms with Crippen molar-refractivity contribution >= 4 is 15.8 Å². The minimum absolute atomic E-state index is 0.000813. The van der Waals surface area contributed by atoms with Gasteiger partial charge in [-0.05, 0) is 24.8 Å². The molecular formula is C14H15N3O2S. The number of nitrogen functional groups attached to an aromatic ring is 1. The predicted octanol–water partition coefficient (Wildman–Crippen LogP) is 1.62. The second kappa shape index (κ2) is 4.56. The van der Waals surface area contributed by atoms with Gasteiger partial charge in [-0.25, -0.2) is 18.4 Å². The molecule has 0 saturated carbocycles. The smallest absolute Gasteiger partial charge is 0.221 e. The number of nitrogens with two attached hydrogens (primary N) is 1. The average Bonchev–Trinajstić information content (AvgIpc) is 2.56. The molecule has 104 valence electrons. The van der Waals surface area contributed by atoms with Crippen molar-refractivity contribution in [3.63, 3.8) is 0 Å². The third kappa shape index (κ3) is 2.16. The largest absolute Gasteiger partial charge is 0.368 e. The fourth-order valence-electron chi connectivity index (χ4n) is 2.66. The Bertz CT molecular complexity index is 785. The SMILES string of the molecule is CS(=O)(=O)c1nc(N)nc2c1CCCc1ccccc1-2. The molecule has 5 nitrogen and oxygen atoms in total. The van der Waals surface area contributed by atoms with Gasteiger partial charge in [-0.15, -0.1) is 0 Å². The Balaban J connectivity index is 2.37. The first kappa shape index (κ1) is 13.1. The molecule has 20 heavy (non-hydrogen) atoms. The number of rotatable bonds is 1. The van der Waals surface area contributed by atoms with Crippen molar-refractivity contribution in [3.8, 4) is 11.3 Å². The highest BCUT2D eigenvalue weighted by Gasteiger charge is 2.24. The number of benzene rings is 1. The van der Waals surface area contributed by atoms with Crippen molar-refractivity contribution in [1.29, 1.82) is 0 Å². The van der Waals surface area contributed by atoms with Crippen LogP contribution in [0.3, 0.4) is 0 Å². The van der Waals surface area contributed by atoms with Gasteiger partial charge in [0.15, 0.2) is 14.9 Å². The number of aryl methyl sites for hydroxylation is 1. The first-order valence-corrected chi connectivity index (χ1v) is 8.30. The molecule has 0 fully saturated rings. The number of anilines is 1. The predicted molar refractivity (Wildman–Crippen MR) is 77.0 cm³/mol. The summed E-state index contributed by atoms with van der Waals surface area (Å²) in [5.74, 6) is 0.000813. The number of sulfone groups is 1. The van der Waals surface area contributed by atoms with Gasteiger partial charge in [0.25, 0.3) is 0 Å². The maximum absolute atomic E-state index is 11.9. The number of aromatic nitrogens is 2. The summed E-state index contributed by atoms with van der Waals surface area (Å²) in [6, 6.07) is 7.90. The van der Waals surface area contributed by atoms with E-state index in [2.05, 4.69) is 9.97 Å². The molecule has 0 saturated heterocycles. The fourth-order valence-corrected chi connectivity index (χ4v) is 3.57. The van der Waals surface area contributed by atoms with Gasteiger partial charge in [-0.2, -0.15) is 0 Å². The molecule has 0 radical (unpaired) electrons. The lowest BCUT2D eigenvalue weighted by atomic mass is 10.0. The van der Waals surface area contributed by atoms with Crippen LogP contribution >= 0.6 is 0 Å². The van der Waals surface area contributed by atoms with Gasteiger partial charge in [0, 0.05) is 17.4 Å². The summed E-state index contributed by atoms with van der Waals surface area (Å²) in [6.45, 7) is 0. The van der Waals surface area contributed by atoms with Gasteiger partial charge in [-0.3, -0.25) is 0 Å². The molecule has 0 spiro atoms. The first-order valence-electron chi connectivity index (χ1n) is 6.41. The quantitative estimate of drug-likeness (QED) is 0.806. The molecular weight excluding hydrogens is 274 g/mol. The lowest BCUT2D eigenvalue weighted by Crippen LogP contribution is -2.11. The van der Waals surface area contributed by atoms with E-state index in [9.17, 15) is 8.42 Å². The van der Waals surface area contributed by atoms with Gasteiger partial charge >= 0.3 is 0 Å². The third-order valence-electron chi connectivity index (χ3n) is 3.48. The van der Waals surface area contributed by atoms with Crippen molar-refractivity contribution in [1.82, 2.24) is 9.97 Å². The second-order valence-corrected chi connectivity index (χ2v) is 6.93. The summed E-state index contributed by atoms with van der Waals surface area (Å²) >= 11 is 0. The van der Waals surface area contributed by atoms with Gasteiger partial charge in [0.1, 0.15) is 0 Å². The highest BCUT2D eigenvalue weighted by atomic mass is 32.2. The van der Waals surface area contributed by atoms with Crippen molar-refractivity contribution in [2.45, 2.75) is 24.3 Å². The van der Waals surface area contributed by atoms with Crippen LogP contribution in [0.5, 0.6) is 0 Å². The molecule has 1 aromatic heterocycles. The lowest BCUT2D eigenvalue weighted by molar-refractivity contribution is 0.596. The Hall–Kier alpha value is -1.95. The molecule has 0 atom stereocenters. The summed E-state index contributed by atoms with van der Waals surface area (Å²) in [5.41, 5.74) is 9.17. The Kier molecular flexibility index (Phi) is 2.97. The van der Waals surface area contributed by atoms with E-state index in [1.165, 1.54) is 5.56 Å². The molecule has 6 heteroatoms. The van der Waals surface area contributed by atoms with Crippen LogP contribution in [0.1, 0.15) is 17.5 Å². The molecule has 2 N–H and O–H groups in total. The van der Waals surface area contributed by atoms with Gasteiger partial charge in [0.05, 0.1) is 5.69 Å². The molecule has 0 amide bonds. The van der Waals surface area contributed by atoms with Crippen LogP contribution in [0.4, 0.5) is 5.95 Å². The topological polar surface area (TPSA) is 85.9 Å². The van der Waals surface area contributed by atoms with E-state index in [-0.39, 0.29) is 11.0 Å². The zero-order chi connectivity index (χ0) is 14.3. The standard InChI is InChI=1S/C14H15N3O2S/c1-20(18,19)13-11-8-4-6-9-5-2-3-7-10(9)12(11)16-14(15)17-13/h2-3,5,7H,4,6,8H2,1H3,(H2,15,16,17). The van der Waals surface area contributed by atoms with Crippen LogP contribution < -0.4 is 5.73 Å². The molecule has 1 aliphatic carbocycles. The van der Waals surface area contributed by atoms with Gasteiger partial charge in [-0.1, -0.05) is 24.3 Å². The summed E-state index contributed by atoms with van der Waals surface area (Å²) in [4.78, 5) is 8.24. The number of hydrogen-bond acceptors (Lipinski definition) is 5. The lowest BCUT2D eigenvalue weighted by Gasteiger charge is -2.11. The molecule has 0 bridgehead atoms. The summed E-state index contributed by atoms with van der Waals surface area (Å²) < 4.78 is 23.9. The molecule has 1 aliphatic rings. The first-order chi connectivity index (χ1) is 9.47. The van der Waals surface area contributed by atoms with Crippen LogP contribution in [0, 0.1) is 0 Å². The average molecular weight is 289 g/mol. The van der Waals surface area contributed by atoms with Crippen LogP contribution in [-0.2, 0) is 22.7 Å². The molecule has 1 aromatic carbocycles. The Morgan fingerprint density at radius 3 is 2.65 bits per heavy atom. The zero-order valence-electron chi connectivity index (χ0n) is 11.1. The van der Waals surface area contributed by atoms with E-state index in [0.29, 0.717) is 17.7 Å². The van der Waals surface area contributed by atoms with Crippen molar-refractivity contribution < 1.29 is 8.42 Å². The summed E-state index contributed by atoms with van der Waals surface area (Å²) in [7, 11) is -3.42. The summed E-state index contributed by atoms with van der Waals surface area (Å²) in [5, 5.41) is 0.0664. The van der Waals surface area contributed by atoms with E-state index in [0.717, 1.165) is 24.7 Å². The minimum atomic E-state index is -3.42. The maximum Gasteiger partial charge on any atom is 0.221 e. The van der Waals surface area contributed by atoms with E-state index in [4.69, 9.17) is 5.73 Å². The van der Waals surface area contributed by atoms with Crippen molar-refractivity contribution in [2.75, 3.05) is 12.0 Å². The Morgan fingerprint density at radius 1 is 1.15 bits per heavy atom. The second-order valence-electron chi connectivity index (χ2n) is 5.00. The van der Waals surface area contributed by atoms with Crippen molar-refractivity contribution in [2.24, 2.45) is 0 Å². The molecule has 3 rings (SSSR count). The Labute approximate surface area is 117 Å². The van der Waals surface area contributed by atoms with Crippen LogP contribution in [0.15, 0.2) is 29.3 Å². The molecule has 2 aromatic rings. The monoisotopic (exact) mass is 289 g/mol. The number of hydrogen-bond donors (Lipinski definition) is 1. The third-order valence-corrected chi connectivity index (χ3v) is 4.52. The van der Waals surface area contributed by atoms with Crippen LogP contribution in [0.25, 0.3) is 11.3 Å². The van der Waals surface area contributed by atoms with Crippen LogP contribution in [-0.4, -0.2) is 24.6 Å². The normalized spacial score (nSPS) is 14.2. The maximum atomic E-state index is 11.9. The van der Waals surface area contributed by atoms with Gasteiger partial charge < -0.3 is 5.73 Å². The minimum Gasteiger partial charge on any atom is -0.368 e. The van der Waals surface area contributed by atoms with E-state index < -0.39 is 9.84 Å². The highest BCUT2D eigenvalue weighted by molar-refractivity contribution is 7.90. The molecule has 0 unspecified atom stereocenters. The summed E-state index contributed by atoms with van der Waals surface area (Å²) in [6.07, 6.45) is 3.58. The molecule has 1 heterocycles.